The van der Waals surface area contributed by atoms with E-state index in [0.717, 1.165) is 5.56 Å². The van der Waals surface area contributed by atoms with Crippen LogP contribution < -0.4 is 10.5 Å². The smallest absolute Gasteiger partial charge is 0.404 e. The third kappa shape index (κ3) is 3.91. The van der Waals surface area contributed by atoms with Gasteiger partial charge in [-0.05, 0) is 23.3 Å². The van der Waals surface area contributed by atoms with E-state index in [1.165, 1.54) is 6.07 Å². The van der Waals surface area contributed by atoms with E-state index >= 15 is 0 Å². The molecular weight excluding hydrogens is 258 g/mol. The van der Waals surface area contributed by atoms with Crippen LogP contribution in [0.15, 0.2) is 48.5 Å². The van der Waals surface area contributed by atoms with E-state index in [-0.39, 0.29) is 12.4 Å². The van der Waals surface area contributed by atoms with Crippen LogP contribution in [0, 0.1) is 0 Å². The second-order valence-electron chi connectivity index (χ2n) is 4.18. The number of rotatable bonds is 5. The lowest BCUT2D eigenvalue weighted by molar-refractivity contribution is 0.150. The van der Waals surface area contributed by atoms with Crippen molar-refractivity contribution in [1.82, 2.24) is 0 Å². The van der Waals surface area contributed by atoms with E-state index < -0.39 is 6.09 Å². The molecule has 0 aromatic heterocycles. The molecular formula is C15H15NO4. The lowest BCUT2D eigenvalue weighted by Gasteiger charge is -2.09. The Bertz CT molecular complexity index is 584. The Hall–Kier alpha value is -2.69. The zero-order chi connectivity index (χ0) is 14.4. The van der Waals surface area contributed by atoms with Crippen LogP contribution in [-0.2, 0) is 18.0 Å². The third-order valence-corrected chi connectivity index (χ3v) is 2.64. The van der Waals surface area contributed by atoms with Crippen molar-refractivity contribution in [1.29, 1.82) is 0 Å². The van der Waals surface area contributed by atoms with Crippen molar-refractivity contribution in [3.63, 3.8) is 0 Å². The molecule has 0 fully saturated rings. The molecule has 0 radical (unpaired) electrons. The fraction of sp³-hybridized carbons (Fsp3) is 0.133. The maximum absolute atomic E-state index is 10.5. The molecule has 0 bridgehead atoms. The van der Waals surface area contributed by atoms with E-state index in [9.17, 15) is 9.90 Å². The largest absolute Gasteiger partial charge is 0.504 e. The first kappa shape index (κ1) is 13.7. The van der Waals surface area contributed by atoms with Crippen LogP contribution in [0.4, 0.5) is 4.79 Å². The minimum atomic E-state index is -0.853. The highest BCUT2D eigenvalue weighted by atomic mass is 16.5. The fourth-order valence-electron chi connectivity index (χ4n) is 1.66. The molecule has 0 atom stereocenters. The number of amides is 1. The lowest BCUT2D eigenvalue weighted by atomic mass is 10.2. The van der Waals surface area contributed by atoms with Gasteiger partial charge in [0.05, 0.1) is 0 Å². The number of nitrogens with two attached hydrogens (primary N) is 1. The van der Waals surface area contributed by atoms with E-state index in [1.807, 2.05) is 30.3 Å². The molecule has 2 rings (SSSR count). The second kappa shape index (κ2) is 6.47. The molecule has 5 heteroatoms. The number of primary amides is 1. The molecule has 104 valence electrons. The molecule has 0 aliphatic carbocycles. The highest BCUT2D eigenvalue weighted by Crippen LogP contribution is 2.27. The van der Waals surface area contributed by atoms with Gasteiger partial charge in [0, 0.05) is 0 Å². The molecule has 0 aliphatic heterocycles. The number of aromatic hydroxyl groups is 1. The monoisotopic (exact) mass is 273 g/mol. The molecule has 0 heterocycles. The molecule has 0 saturated heterocycles. The maximum Gasteiger partial charge on any atom is 0.404 e. The Morgan fingerprint density at radius 1 is 1.05 bits per heavy atom. The van der Waals surface area contributed by atoms with Crippen molar-refractivity contribution >= 4 is 6.09 Å². The predicted octanol–water partition coefficient (Wildman–Crippen LogP) is 2.57. The number of ether oxygens (including phenoxy) is 2. The average Bonchev–Trinajstić information content (AvgIpc) is 2.45. The van der Waals surface area contributed by atoms with Crippen molar-refractivity contribution in [3.05, 3.63) is 59.7 Å². The van der Waals surface area contributed by atoms with Crippen molar-refractivity contribution in [2.75, 3.05) is 0 Å². The summed E-state index contributed by atoms with van der Waals surface area (Å²) in [6, 6.07) is 14.4. The predicted molar refractivity (Wildman–Crippen MR) is 73.3 cm³/mol. The molecule has 0 aliphatic rings. The number of phenolic OH excluding ortho intramolecular Hbond substituents is 1. The zero-order valence-corrected chi connectivity index (χ0v) is 10.8. The van der Waals surface area contributed by atoms with Crippen molar-refractivity contribution in [3.8, 4) is 11.5 Å². The summed E-state index contributed by atoms with van der Waals surface area (Å²) in [5.74, 6) is 0.364. The van der Waals surface area contributed by atoms with E-state index in [0.29, 0.717) is 17.9 Å². The van der Waals surface area contributed by atoms with Gasteiger partial charge in [-0.1, -0.05) is 36.4 Å². The van der Waals surface area contributed by atoms with Crippen LogP contribution in [0.2, 0.25) is 0 Å². The fourth-order valence-corrected chi connectivity index (χ4v) is 1.66. The van der Waals surface area contributed by atoms with Gasteiger partial charge in [0.2, 0.25) is 0 Å². The normalized spacial score (nSPS) is 10.0. The number of carbonyl (C=O) groups excluding carboxylic acids is 1. The highest BCUT2D eigenvalue weighted by molar-refractivity contribution is 5.64. The summed E-state index contributed by atoms with van der Waals surface area (Å²) in [6.45, 7) is 0.382. The summed E-state index contributed by atoms with van der Waals surface area (Å²) in [5, 5.41) is 9.84. The van der Waals surface area contributed by atoms with Gasteiger partial charge in [0.1, 0.15) is 13.2 Å². The van der Waals surface area contributed by atoms with Gasteiger partial charge in [-0.25, -0.2) is 4.79 Å². The van der Waals surface area contributed by atoms with Crippen LogP contribution in [0.5, 0.6) is 11.5 Å². The molecule has 2 aromatic carbocycles. The van der Waals surface area contributed by atoms with Gasteiger partial charge >= 0.3 is 6.09 Å². The van der Waals surface area contributed by atoms with Crippen LogP contribution in [0.3, 0.4) is 0 Å². The van der Waals surface area contributed by atoms with E-state index in [1.54, 1.807) is 12.1 Å². The number of hydrogen-bond donors (Lipinski definition) is 2. The summed E-state index contributed by atoms with van der Waals surface area (Å²) in [4.78, 5) is 10.5. The number of carbonyl (C=O) groups is 1. The molecule has 2 aromatic rings. The molecule has 0 spiro atoms. The lowest BCUT2D eigenvalue weighted by Crippen LogP contribution is -2.12. The van der Waals surface area contributed by atoms with Crippen molar-refractivity contribution in [2.24, 2.45) is 5.73 Å². The van der Waals surface area contributed by atoms with Crippen molar-refractivity contribution in [2.45, 2.75) is 13.2 Å². The van der Waals surface area contributed by atoms with Gasteiger partial charge in [0.15, 0.2) is 11.5 Å². The first-order valence-electron chi connectivity index (χ1n) is 6.06. The van der Waals surface area contributed by atoms with Crippen LogP contribution in [0.1, 0.15) is 11.1 Å². The molecule has 3 N–H and O–H groups in total. The molecule has 0 saturated carbocycles. The summed E-state index contributed by atoms with van der Waals surface area (Å²) in [7, 11) is 0. The summed E-state index contributed by atoms with van der Waals surface area (Å²) >= 11 is 0. The summed E-state index contributed by atoms with van der Waals surface area (Å²) in [6.07, 6.45) is -0.853. The van der Waals surface area contributed by atoms with Crippen LogP contribution in [0.25, 0.3) is 0 Å². The van der Waals surface area contributed by atoms with Crippen LogP contribution >= 0.6 is 0 Å². The van der Waals surface area contributed by atoms with Crippen LogP contribution in [-0.4, -0.2) is 11.2 Å². The maximum atomic E-state index is 10.5. The average molecular weight is 273 g/mol. The van der Waals surface area contributed by atoms with Gasteiger partial charge < -0.3 is 20.3 Å². The van der Waals surface area contributed by atoms with Gasteiger partial charge in [-0.15, -0.1) is 0 Å². The number of phenols is 1. The van der Waals surface area contributed by atoms with Gasteiger partial charge in [-0.2, -0.15) is 0 Å². The molecule has 5 nitrogen and oxygen atoms in total. The van der Waals surface area contributed by atoms with Gasteiger partial charge in [-0.3, -0.25) is 0 Å². The quantitative estimate of drug-likeness (QED) is 0.877. The highest BCUT2D eigenvalue weighted by Gasteiger charge is 2.05. The third-order valence-electron chi connectivity index (χ3n) is 2.64. The topological polar surface area (TPSA) is 81.8 Å². The standard InChI is InChI=1S/C15H15NO4/c16-15(18)20-10-12-6-7-14(13(17)8-12)19-9-11-4-2-1-3-5-11/h1-8,17H,9-10H2,(H2,16,18). The Labute approximate surface area is 116 Å². The van der Waals surface area contributed by atoms with Gasteiger partial charge in [0.25, 0.3) is 0 Å². The summed E-state index contributed by atoms with van der Waals surface area (Å²) < 4.78 is 10.2. The minimum absolute atomic E-state index is 0.00787. The Morgan fingerprint density at radius 2 is 1.80 bits per heavy atom. The molecule has 20 heavy (non-hydrogen) atoms. The number of hydrogen-bond acceptors (Lipinski definition) is 4. The van der Waals surface area contributed by atoms with E-state index in [4.69, 9.17) is 10.5 Å². The Morgan fingerprint density at radius 3 is 2.45 bits per heavy atom. The summed E-state index contributed by atoms with van der Waals surface area (Å²) in [5.41, 5.74) is 6.51. The molecule has 1 amide bonds. The Balaban J connectivity index is 1.97. The minimum Gasteiger partial charge on any atom is -0.504 e. The Kier molecular flexibility index (Phi) is 4.44. The zero-order valence-electron chi connectivity index (χ0n) is 10.8. The second-order valence-corrected chi connectivity index (χ2v) is 4.18. The van der Waals surface area contributed by atoms with E-state index in [2.05, 4.69) is 4.74 Å². The first-order chi connectivity index (χ1) is 9.65. The first-order valence-corrected chi connectivity index (χ1v) is 6.06. The van der Waals surface area contributed by atoms with Crippen molar-refractivity contribution < 1.29 is 19.4 Å². The molecule has 0 unspecified atom stereocenters. The SMILES string of the molecule is NC(=O)OCc1ccc(OCc2ccccc2)c(O)c1. The number of benzene rings is 2.